The fourth-order valence-electron chi connectivity index (χ4n) is 5.00. The third kappa shape index (κ3) is 7.08. The highest BCUT2D eigenvalue weighted by Crippen LogP contribution is 2.48. The minimum Gasteiger partial charge on any atom is -0.287 e. The Labute approximate surface area is 215 Å². The monoisotopic (exact) mass is 507 g/mol. The lowest BCUT2D eigenvalue weighted by molar-refractivity contribution is -0.126. The van der Waals surface area contributed by atoms with Gasteiger partial charge in [0.15, 0.2) is 10.2 Å². The number of hydrogen-bond acceptors (Lipinski definition) is 4. The summed E-state index contributed by atoms with van der Waals surface area (Å²) in [6.07, 6.45) is 9.80. The van der Waals surface area contributed by atoms with Gasteiger partial charge in [-0.05, 0) is 36.8 Å². The van der Waals surface area contributed by atoms with Crippen molar-refractivity contribution in [2.45, 2.75) is 97.3 Å². The summed E-state index contributed by atoms with van der Waals surface area (Å²) in [6, 6.07) is 7.96. The number of thiazole rings is 1. The summed E-state index contributed by atoms with van der Waals surface area (Å²) in [4.78, 5) is 31.6. The van der Waals surface area contributed by atoms with Crippen molar-refractivity contribution in [2.24, 2.45) is 17.8 Å². The first-order valence-corrected chi connectivity index (χ1v) is 14.4. The van der Waals surface area contributed by atoms with Crippen molar-refractivity contribution in [1.29, 1.82) is 0 Å². The summed E-state index contributed by atoms with van der Waals surface area (Å²) in [5.41, 5.74) is -0.166. The largest absolute Gasteiger partial charge is 0.287 e. The maximum Gasteiger partial charge on any atom is 0.199 e. The second kappa shape index (κ2) is 13.9. The van der Waals surface area contributed by atoms with Crippen LogP contribution in [0.15, 0.2) is 24.3 Å². The highest BCUT2D eigenvalue weighted by molar-refractivity contribution is 7.97. The summed E-state index contributed by atoms with van der Waals surface area (Å²) in [5.74, 6) is 0.186. The average Bonchev–Trinajstić information content (AvgIpc) is 3.24. The zero-order valence-corrected chi connectivity index (χ0v) is 23.3. The second-order valence-electron chi connectivity index (χ2n) is 9.43. The maximum atomic E-state index is 13.5. The number of para-hydroxylation sites is 1. The molecule has 0 N–H and O–H groups in total. The van der Waals surface area contributed by atoms with Crippen LogP contribution in [0.4, 0.5) is 0 Å². The Hall–Kier alpha value is -0.850. The lowest BCUT2D eigenvalue weighted by Crippen LogP contribution is -2.46. The maximum absolute atomic E-state index is 13.5. The van der Waals surface area contributed by atoms with Gasteiger partial charge in [-0.3, -0.25) is 9.59 Å². The predicted molar refractivity (Wildman–Crippen MR) is 149 cm³/mol. The molecule has 0 saturated carbocycles. The molecule has 0 saturated heterocycles. The molecule has 2 aromatic rings. The lowest BCUT2D eigenvalue weighted by atomic mass is 9.66. The minimum absolute atomic E-state index is 0.211. The zero-order valence-electron chi connectivity index (χ0n) is 20.7. The number of carbonyl (C=O) groups is 2. The van der Waals surface area contributed by atoms with E-state index in [0.29, 0.717) is 24.7 Å². The molecule has 3 nitrogen and oxygen atoms in total. The van der Waals surface area contributed by atoms with Gasteiger partial charge in [-0.1, -0.05) is 91.2 Å². The van der Waals surface area contributed by atoms with Crippen molar-refractivity contribution in [3.63, 3.8) is 0 Å². The molecule has 184 valence electrons. The molecule has 0 bridgehead atoms. The molecule has 0 radical (unpaired) electrons. The Balaban J connectivity index is 2.64. The van der Waals surface area contributed by atoms with Gasteiger partial charge in [0.1, 0.15) is 10.4 Å². The summed E-state index contributed by atoms with van der Waals surface area (Å²) < 4.78 is 1.04. The first-order chi connectivity index (χ1) is 15.8. The number of nitrogens with zero attached hydrogens (tertiary/aromatic N) is 1. The number of benzene rings is 1. The summed E-state index contributed by atoms with van der Waals surface area (Å²) in [7, 11) is 0. The van der Waals surface area contributed by atoms with Gasteiger partial charge < -0.3 is 0 Å². The van der Waals surface area contributed by atoms with Crippen molar-refractivity contribution >= 4 is 57.0 Å². The number of carbonyl (C=O) groups excluding carboxylic acids is 2. The molecule has 1 heterocycles. The van der Waals surface area contributed by atoms with Crippen LogP contribution >= 0.6 is 36.6 Å². The topological polar surface area (TPSA) is 47.0 Å². The van der Waals surface area contributed by atoms with Crippen LogP contribution in [0.2, 0.25) is 0 Å². The molecule has 0 aliphatic carbocycles. The predicted octanol–water partition coefficient (Wildman–Crippen LogP) is 8.28. The molecule has 0 aliphatic heterocycles. The highest BCUT2D eigenvalue weighted by atomic mass is 32.1. The summed E-state index contributed by atoms with van der Waals surface area (Å²) in [6.45, 7) is 8.74. The first kappa shape index (κ1) is 28.4. The van der Waals surface area contributed by atoms with Crippen LogP contribution in [0, 0.1) is 17.8 Å². The Morgan fingerprint density at radius 1 is 0.970 bits per heavy atom. The molecule has 4 atom stereocenters. The quantitative estimate of drug-likeness (QED) is 0.225. The van der Waals surface area contributed by atoms with Gasteiger partial charge >= 0.3 is 0 Å². The molecule has 0 aliphatic rings. The minimum atomic E-state index is -1.04. The molecule has 1 aromatic heterocycles. The third-order valence-corrected chi connectivity index (χ3v) is 9.14. The third-order valence-electron chi connectivity index (χ3n) is 7.22. The lowest BCUT2D eigenvalue weighted by Gasteiger charge is -2.39. The van der Waals surface area contributed by atoms with E-state index in [2.05, 4.69) is 53.0 Å². The van der Waals surface area contributed by atoms with Crippen molar-refractivity contribution in [3.05, 3.63) is 29.3 Å². The molecule has 0 spiro atoms. The Morgan fingerprint density at radius 3 is 2.09 bits per heavy atom. The number of fused-ring (bicyclic) bond motifs is 1. The molecule has 2 rings (SSSR count). The number of hydrogen-bond donors (Lipinski definition) is 2. The number of unbranched alkanes of at least 4 members (excludes halogenated alkanes) is 2. The van der Waals surface area contributed by atoms with E-state index in [1.807, 2.05) is 24.3 Å². The Kier molecular flexibility index (Phi) is 11.9. The average molecular weight is 508 g/mol. The van der Waals surface area contributed by atoms with E-state index in [9.17, 15) is 9.59 Å². The van der Waals surface area contributed by atoms with Crippen molar-refractivity contribution in [2.75, 3.05) is 0 Å². The molecule has 33 heavy (non-hydrogen) atoms. The number of thiol groups is 2. The van der Waals surface area contributed by atoms with E-state index >= 15 is 0 Å². The fourth-order valence-corrected chi connectivity index (χ4v) is 6.97. The molecule has 4 unspecified atom stereocenters. The fraction of sp³-hybridized carbons (Fsp3) is 0.667. The molecular formula is C27H41NO2S3. The van der Waals surface area contributed by atoms with Crippen molar-refractivity contribution in [3.8, 4) is 0 Å². The Morgan fingerprint density at radius 2 is 1.58 bits per heavy atom. The van der Waals surface area contributed by atoms with Gasteiger partial charge in [0.25, 0.3) is 0 Å². The van der Waals surface area contributed by atoms with Crippen LogP contribution < -0.4 is 0 Å². The van der Waals surface area contributed by atoms with Crippen LogP contribution in [0.25, 0.3) is 10.2 Å². The normalized spacial score (nSPS) is 16.3. The van der Waals surface area contributed by atoms with Crippen LogP contribution in [-0.2, 0) is 15.0 Å². The highest BCUT2D eigenvalue weighted by Gasteiger charge is 2.51. The van der Waals surface area contributed by atoms with E-state index in [1.54, 1.807) is 11.3 Å². The molecule has 1 aromatic carbocycles. The van der Waals surface area contributed by atoms with Gasteiger partial charge in [-0.15, -0.1) is 36.6 Å². The molecule has 6 heteroatoms. The van der Waals surface area contributed by atoms with Crippen molar-refractivity contribution in [1.82, 2.24) is 4.98 Å². The van der Waals surface area contributed by atoms with Crippen LogP contribution in [-0.4, -0.2) is 15.2 Å². The number of aromatic nitrogens is 1. The first-order valence-electron chi connectivity index (χ1n) is 12.7. The SMILES string of the molecule is CCCCC(CC)CC(C(=O)S)C(CC(CC)CCCC)(C(=O)S)c1nc2ccccc2s1. The van der Waals surface area contributed by atoms with E-state index in [1.165, 1.54) is 0 Å². The zero-order chi connectivity index (χ0) is 24.4. The second-order valence-corrected chi connectivity index (χ2v) is 11.3. The smallest absolute Gasteiger partial charge is 0.199 e. The van der Waals surface area contributed by atoms with E-state index < -0.39 is 11.3 Å². The standard InChI is InChI=1S/C27H41NO2S3/c1-5-9-13-19(7-3)17-21(24(29)31)27(26(30)32,18-20(8-4)14-10-6-2)25-28-22-15-11-12-16-23(22)33-25/h11-12,15-16,19-21H,5-10,13-14,17-18H2,1-4H3,(H,29,31)(H,30,32). The Bertz CT molecular complexity index is 863. The molecular weight excluding hydrogens is 467 g/mol. The number of rotatable bonds is 16. The molecule has 0 fully saturated rings. The van der Waals surface area contributed by atoms with E-state index in [4.69, 9.17) is 4.98 Å². The van der Waals surface area contributed by atoms with Gasteiger partial charge in [-0.25, -0.2) is 4.98 Å². The van der Waals surface area contributed by atoms with Crippen LogP contribution in [0.1, 0.15) is 96.9 Å². The van der Waals surface area contributed by atoms with Crippen LogP contribution in [0.5, 0.6) is 0 Å². The van der Waals surface area contributed by atoms with Gasteiger partial charge in [0, 0.05) is 5.92 Å². The summed E-state index contributed by atoms with van der Waals surface area (Å²) >= 11 is 10.4. The van der Waals surface area contributed by atoms with Gasteiger partial charge in [0.05, 0.1) is 10.2 Å². The van der Waals surface area contributed by atoms with Gasteiger partial charge in [-0.2, -0.15) is 0 Å². The van der Waals surface area contributed by atoms with E-state index in [-0.39, 0.29) is 10.2 Å². The van der Waals surface area contributed by atoms with Crippen molar-refractivity contribution < 1.29 is 9.59 Å². The molecule has 0 amide bonds. The van der Waals surface area contributed by atoms with E-state index in [0.717, 1.165) is 66.6 Å². The van der Waals surface area contributed by atoms with Gasteiger partial charge in [0.2, 0.25) is 0 Å². The summed E-state index contributed by atoms with van der Waals surface area (Å²) in [5, 5.41) is 0.280. The van der Waals surface area contributed by atoms with Crippen LogP contribution in [0.3, 0.4) is 0 Å².